The number of nitrogens with zero attached hydrogens (tertiary/aromatic N) is 4. The summed E-state index contributed by atoms with van der Waals surface area (Å²) in [6.45, 7) is 8.35. The van der Waals surface area contributed by atoms with Crippen LogP contribution in [0.5, 0.6) is 0 Å². The van der Waals surface area contributed by atoms with Crippen LogP contribution in [0.1, 0.15) is 44.6 Å². The fourth-order valence-corrected chi connectivity index (χ4v) is 4.42. The van der Waals surface area contributed by atoms with E-state index in [9.17, 15) is 0 Å². The topological polar surface area (TPSA) is 65.0 Å². The first-order valence-electron chi connectivity index (χ1n) is 11.1. The summed E-state index contributed by atoms with van der Waals surface area (Å²) in [5, 5.41) is 7.09. The molecule has 1 saturated carbocycles. The summed E-state index contributed by atoms with van der Waals surface area (Å²) in [5.74, 6) is 1.86. The van der Waals surface area contributed by atoms with E-state index in [2.05, 4.69) is 33.5 Å². The first-order valence-corrected chi connectivity index (χ1v) is 11.1. The first kappa shape index (κ1) is 25.1. The van der Waals surface area contributed by atoms with Crippen LogP contribution in [0.3, 0.4) is 0 Å². The number of nitrogens with one attached hydrogen (secondary N) is 2. The van der Waals surface area contributed by atoms with Crippen molar-refractivity contribution in [2.24, 2.45) is 4.99 Å². The van der Waals surface area contributed by atoms with Gasteiger partial charge in [0.15, 0.2) is 5.96 Å². The largest absolute Gasteiger partial charge is 0.379 e. The Hall–Kier alpha value is -1.13. The van der Waals surface area contributed by atoms with Gasteiger partial charge in [0.2, 0.25) is 0 Å². The lowest BCUT2D eigenvalue weighted by atomic mass is 9.80. The lowest BCUT2D eigenvalue weighted by molar-refractivity contribution is -0.0352. The molecular formula is C22H39IN6O. The maximum Gasteiger partial charge on any atom is 0.191 e. The molecule has 2 aliphatic rings. The Kier molecular flexibility index (Phi) is 10.6. The number of rotatable bonds is 7. The highest BCUT2D eigenvalue weighted by Crippen LogP contribution is 2.33. The monoisotopic (exact) mass is 530 g/mol. The lowest BCUT2D eigenvalue weighted by Gasteiger charge is -2.48. The molecule has 1 aromatic rings. The number of anilines is 1. The van der Waals surface area contributed by atoms with E-state index in [1.807, 2.05) is 31.3 Å². The van der Waals surface area contributed by atoms with Gasteiger partial charge in [-0.25, -0.2) is 9.98 Å². The van der Waals surface area contributed by atoms with Gasteiger partial charge in [-0.05, 0) is 37.5 Å². The Morgan fingerprint density at radius 3 is 2.60 bits per heavy atom. The zero-order chi connectivity index (χ0) is 20.5. The van der Waals surface area contributed by atoms with Crippen molar-refractivity contribution in [1.29, 1.82) is 0 Å². The van der Waals surface area contributed by atoms with Crippen molar-refractivity contribution < 1.29 is 4.74 Å². The number of guanidine groups is 1. The minimum absolute atomic E-state index is 0. The number of hydrogen-bond acceptors (Lipinski definition) is 5. The average Bonchev–Trinajstić information content (AvgIpc) is 2.77. The summed E-state index contributed by atoms with van der Waals surface area (Å²) >= 11 is 0. The molecule has 1 aromatic heterocycles. The van der Waals surface area contributed by atoms with Gasteiger partial charge in [-0.2, -0.15) is 0 Å². The number of hydrogen-bond donors (Lipinski definition) is 2. The lowest BCUT2D eigenvalue weighted by Crippen LogP contribution is -2.60. The maximum absolute atomic E-state index is 5.61. The number of pyridine rings is 1. The van der Waals surface area contributed by atoms with Crippen LogP contribution in [-0.4, -0.2) is 74.9 Å². The molecule has 0 spiro atoms. The number of aromatic nitrogens is 1. The van der Waals surface area contributed by atoms with Crippen molar-refractivity contribution in [2.75, 3.05) is 58.4 Å². The molecular weight excluding hydrogens is 491 g/mol. The smallest absolute Gasteiger partial charge is 0.191 e. The number of ether oxygens (including phenoxy) is 1. The summed E-state index contributed by atoms with van der Waals surface area (Å²) in [4.78, 5) is 13.9. The first-order chi connectivity index (χ1) is 14.1. The van der Waals surface area contributed by atoms with Crippen molar-refractivity contribution in [3.05, 3.63) is 23.9 Å². The molecule has 2 fully saturated rings. The van der Waals surface area contributed by atoms with Crippen molar-refractivity contribution in [3.8, 4) is 0 Å². The molecule has 0 aromatic carbocycles. The standard InChI is InChI=1S/C22H38N6O.HI/c1-4-23-21(25-17-19-8-11-24-20(16-19)27(2)3)26-18-22(9-6-5-7-10-22)28-12-14-29-15-13-28;/h8,11,16H,4-7,9-10,12-15,17-18H2,1-3H3,(H2,23,25,26);1H. The third kappa shape index (κ3) is 6.95. The number of morpholine rings is 1. The summed E-state index contributed by atoms with van der Waals surface area (Å²) in [7, 11) is 4.02. The van der Waals surface area contributed by atoms with Crippen LogP contribution >= 0.6 is 24.0 Å². The molecule has 30 heavy (non-hydrogen) atoms. The van der Waals surface area contributed by atoms with E-state index in [1.54, 1.807) is 0 Å². The molecule has 7 nitrogen and oxygen atoms in total. The Labute approximate surface area is 199 Å². The molecule has 1 saturated heterocycles. The van der Waals surface area contributed by atoms with Crippen LogP contribution in [0, 0.1) is 0 Å². The molecule has 1 aliphatic carbocycles. The Balaban J connectivity index is 0.00000320. The van der Waals surface area contributed by atoms with E-state index < -0.39 is 0 Å². The van der Waals surface area contributed by atoms with Crippen molar-refractivity contribution in [3.63, 3.8) is 0 Å². The predicted molar refractivity (Wildman–Crippen MR) is 135 cm³/mol. The van der Waals surface area contributed by atoms with Gasteiger partial charge in [0, 0.05) is 52.0 Å². The molecule has 170 valence electrons. The molecule has 0 atom stereocenters. The van der Waals surface area contributed by atoms with Crippen molar-refractivity contribution in [2.45, 2.75) is 51.1 Å². The second-order valence-electron chi connectivity index (χ2n) is 8.35. The number of aliphatic imine (C=N–C) groups is 1. The third-order valence-electron chi connectivity index (χ3n) is 6.08. The van der Waals surface area contributed by atoms with Gasteiger partial charge in [-0.15, -0.1) is 24.0 Å². The fourth-order valence-electron chi connectivity index (χ4n) is 4.42. The van der Waals surface area contributed by atoms with Gasteiger partial charge in [0.1, 0.15) is 5.82 Å². The molecule has 1 aliphatic heterocycles. The molecule has 2 N–H and O–H groups in total. The van der Waals surface area contributed by atoms with Crippen molar-refractivity contribution >= 4 is 35.8 Å². The number of halogens is 1. The summed E-state index contributed by atoms with van der Waals surface area (Å²) in [6, 6.07) is 4.14. The van der Waals surface area contributed by atoms with Gasteiger partial charge in [0.25, 0.3) is 0 Å². The second-order valence-corrected chi connectivity index (χ2v) is 8.35. The van der Waals surface area contributed by atoms with E-state index in [0.717, 1.165) is 51.2 Å². The van der Waals surface area contributed by atoms with Gasteiger partial charge in [-0.3, -0.25) is 4.90 Å². The average molecular weight is 530 g/mol. The van der Waals surface area contributed by atoms with Crippen LogP contribution < -0.4 is 15.5 Å². The molecule has 0 unspecified atom stereocenters. The van der Waals surface area contributed by atoms with Crippen LogP contribution in [0.25, 0.3) is 0 Å². The highest BCUT2D eigenvalue weighted by Gasteiger charge is 2.38. The van der Waals surface area contributed by atoms with Crippen LogP contribution in [0.2, 0.25) is 0 Å². The van der Waals surface area contributed by atoms with Gasteiger partial charge < -0.3 is 20.3 Å². The molecule has 2 heterocycles. The zero-order valence-corrected chi connectivity index (χ0v) is 21.2. The van der Waals surface area contributed by atoms with Crippen molar-refractivity contribution in [1.82, 2.24) is 20.5 Å². The second kappa shape index (κ2) is 12.7. The quantitative estimate of drug-likeness (QED) is 0.321. The fraction of sp³-hybridized carbons (Fsp3) is 0.727. The van der Waals surface area contributed by atoms with Gasteiger partial charge in [0.05, 0.1) is 19.8 Å². The minimum Gasteiger partial charge on any atom is -0.379 e. The molecule has 3 rings (SSSR count). The van der Waals surface area contributed by atoms with E-state index in [4.69, 9.17) is 9.73 Å². The Bertz CT molecular complexity index is 657. The normalized spacial score (nSPS) is 19.6. The molecule has 0 radical (unpaired) electrons. The van der Waals surface area contributed by atoms with E-state index in [1.165, 1.54) is 37.7 Å². The molecule has 8 heteroatoms. The van der Waals surface area contributed by atoms with Crippen LogP contribution in [0.4, 0.5) is 5.82 Å². The summed E-state index contributed by atoms with van der Waals surface area (Å²) < 4.78 is 5.61. The Morgan fingerprint density at radius 1 is 1.20 bits per heavy atom. The summed E-state index contributed by atoms with van der Waals surface area (Å²) in [6.07, 6.45) is 8.37. The minimum atomic E-state index is 0. The van der Waals surface area contributed by atoms with E-state index in [0.29, 0.717) is 6.54 Å². The maximum atomic E-state index is 5.61. The van der Waals surface area contributed by atoms with Gasteiger partial charge >= 0.3 is 0 Å². The van der Waals surface area contributed by atoms with Crippen LogP contribution in [0.15, 0.2) is 23.3 Å². The summed E-state index contributed by atoms with van der Waals surface area (Å²) in [5.41, 5.74) is 1.40. The highest BCUT2D eigenvalue weighted by atomic mass is 127. The molecule has 0 bridgehead atoms. The SMILES string of the molecule is CCNC(=NCc1ccnc(N(C)C)c1)NCC1(N2CCOCC2)CCCCC1.I. The van der Waals surface area contributed by atoms with Crippen LogP contribution in [-0.2, 0) is 11.3 Å². The highest BCUT2D eigenvalue weighted by molar-refractivity contribution is 14.0. The van der Waals surface area contributed by atoms with E-state index >= 15 is 0 Å². The zero-order valence-electron chi connectivity index (χ0n) is 18.8. The van der Waals surface area contributed by atoms with Gasteiger partial charge in [-0.1, -0.05) is 19.3 Å². The predicted octanol–water partition coefficient (Wildman–Crippen LogP) is 2.86. The molecule has 0 amide bonds. The third-order valence-corrected chi connectivity index (χ3v) is 6.08. The Morgan fingerprint density at radius 2 is 1.93 bits per heavy atom. The van der Waals surface area contributed by atoms with E-state index in [-0.39, 0.29) is 29.5 Å².